The predicted molar refractivity (Wildman–Crippen MR) is 65.9 cm³/mol. The fourth-order valence-corrected chi connectivity index (χ4v) is 1.87. The molecule has 1 aliphatic rings. The van der Waals surface area contributed by atoms with Gasteiger partial charge in [0.1, 0.15) is 5.82 Å². The number of aliphatic hydroxyl groups is 2. The summed E-state index contributed by atoms with van der Waals surface area (Å²) in [5.41, 5.74) is 5.62. The van der Waals surface area contributed by atoms with E-state index in [1.807, 2.05) is 19.0 Å². The number of nitrogen functional groups attached to an aromatic ring is 1. The Morgan fingerprint density at radius 2 is 1.83 bits per heavy atom. The molecule has 8 heteroatoms. The first-order valence-electron chi connectivity index (χ1n) is 5.72. The fraction of sp³-hybridized carbons (Fsp3) is 0.700. The minimum absolute atomic E-state index is 0.170. The van der Waals surface area contributed by atoms with Gasteiger partial charge < -0.3 is 20.8 Å². The van der Waals surface area contributed by atoms with E-state index in [1.165, 1.54) is 0 Å². The molecule has 1 fully saturated rings. The molecule has 2 heterocycles. The third kappa shape index (κ3) is 2.84. The molecule has 18 heavy (non-hydrogen) atoms. The van der Waals surface area contributed by atoms with E-state index in [2.05, 4.69) is 15.0 Å². The first-order chi connectivity index (χ1) is 8.45. The highest BCUT2D eigenvalue weighted by Crippen LogP contribution is 2.13. The van der Waals surface area contributed by atoms with Gasteiger partial charge >= 0.3 is 0 Å². The monoisotopic (exact) mass is 254 g/mol. The second kappa shape index (κ2) is 5.01. The second-order valence-corrected chi connectivity index (χ2v) is 4.63. The zero-order chi connectivity index (χ0) is 13.3. The largest absolute Gasteiger partial charge is 0.389 e. The zero-order valence-corrected chi connectivity index (χ0v) is 10.5. The van der Waals surface area contributed by atoms with Crippen LogP contribution in [-0.2, 0) is 6.54 Å². The molecule has 1 aromatic rings. The van der Waals surface area contributed by atoms with Gasteiger partial charge in [-0.3, -0.25) is 4.90 Å². The summed E-state index contributed by atoms with van der Waals surface area (Å²) in [7, 11) is 3.64. The Labute approximate surface area is 105 Å². The summed E-state index contributed by atoms with van der Waals surface area (Å²) < 4.78 is 0. The van der Waals surface area contributed by atoms with Gasteiger partial charge in [0.05, 0.1) is 18.8 Å². The molecule has 100 valence electrons. The number of aliphatic hydroxyl groups excluding tert-OH is 2. The van der Waals surface area contributed by atoms with Gasteiger partial charge in [-0.15, -0.1) is 0 Å². The molecule has 1 aromatic heterocycles. The topological polar surface area (TPSA) is 112 Å². The molecule has 0 radical (unpaired) electrons. The van der Waals surface area contributed by atoms with E-state index in [-0.39, 0.29) is 5.95 Å². The van der Waals surface area contributed by atoms with E-state index in [9.17, 15) is 10.2 Å². The van der Waals surface area contributed by atoms with Crippen molar-refractivity contribution in [3.05, 3.63) is 5.82 Å². The van der Waals surface area contributed by atoms with E-state index >= 15 is 0 Å². The molecular formula is C10H18N6O2. The van der Waals surface area contributed by atoms with Crippen molar-refractivity contribution < 1.29 is 10.2 Å². The number of likely N-dealkylation sites (tertiary alicyclic amines) is 1. The highest BCUT2D eigenvalue weighted by atomic mass is 16.3. The van der Waals surface area contributed by atoms with Gasteiger partial charge in [0.2, 0.25) is 11.9 Å². The minimum Gasteiger partial charge on any atom is -0.389 e. The van der Waals surface area contributed by atoms with Gasteiger partial charge in [-0.05, 0) is 0 Å². The Morgan fingerprint density at radius 1 is 1.22 bits per heavy atom. The van der Waals surface area contributed by atoms with Crippen LogP contribution >= 0.6 is 0 Å². The van der Waals surface area contributed by atoms with Crippen LogP contribution in [0.4, 0.5) is 11.9 Å². The highest BCUT2D eigenvalue weighted by Gasteiger charge is 2.29. The Morgan fingerprint density at radius 3 is 2.39 bits per heavy atom. The standard InChI is InChI=1S/C10H18N6O2/c1-15(2)10-13-8(12-9(11)14-10)5-16-3-6(17)7(18)4-16/h6-7,17-18H,3-5H2,1-2H3,(H2,11,12,13,14). The van der Waals surface area contributed by atoms with Crippen LogP contribution in [0.25, 0.3) is 0 Å². The van der Waals surface area contributed by atoms with E-state index in [0.717, 1.165) is 0 Å². The van der Waals surface area contributed by atoms with E-state index in [4.69, 9.17) is 5.73 Å². The smallest absolute Gasteiger partial charge is 0.229 e. The molecule has 0 saturated carbocycles. The third-order valence-corrected chi connectivity index (χ3v) is 2.79. The Bertz CT molecular complexity index is 417. The van der Waals surface area contributed by atoms with Crippen LogP contribution in [0.2, 0.25) is 0 Å². The lowest BCUT2D eigenvalue weighted by Crippen LogP contribution is -2.24. The van der Waals surface area contributed by atoms with Gasteiger partial charge in [-0.25, -0.2) is 0 Å². The van der Waals surface area contributed by atoms with Crippen molar-refractivity contribution >= 4 is 11.9 Å². The predicted octanol–water partition coefficient (Wildman–Crippen LogP) is -1.94. The van der Waals surface area contributed by atoms with E-state index in [1.54, 1.807) is 4.90 Å². The van der Waals surface area contributed by atoms with Crippen molar-refractivity contribution in [3.63, 3.8) is 0 Å². The summed E-state index contributed by atoms with van der Waals surface area (Å²) in [5, 5.41) is 18.9. The summed E-state index contributed by atoms with van der Waals surface area (Å²) >= 11 is 0. The molecule has 2 atom stereocenters. The molecule has 0 aromatic carbocycles. The SMILES string of the molecule is CN(C)c1nc(N)nc(CN2CC(O)C(O)C2)n1. The Kier molecular flexibility index (Phi) is 3.60. The number of hydrogen-bond donors (Lipinski definition) is 3. The maximum absolute atomic E-state index is 9.47. The van der Waals surface area contributed by atoms with Gasteiger partial charge in [0.25, 0.3) is 0 Å². The first kappa shape index (κ1) is 12.9. The minimum atomic E-state index is -0.711. The molecule has 1 saturated heterocycles. The van der Waals surface area contributed by atoms with Crippen molar-refractivity contribution in [2.24, 2.45) is 0 Å². The molecule has 2 unspecified atom stereocenters. The quantitative estimate of drug-likeness (QED) is 0.571. The molecule has 1 aliphatic heterocycles. The van der Waals surface area contributed by atoms with Crippen molar-refractivity contribution in [1.29, 1.82) is 0 Å². The fourth-order valence-electron chi connectivity index (χ4n) is 1.87. The van der Waals surface area contributed by atoms with Gasteiger partial charge in [0.15, 0.2) is 0 Å². The summed E-state index contributed by atoms with van der Waals surface area (Å²) in [5.74, 6) is 1.20. The Balaban J connectivity index is 2.10. The molecule has 4 N–H and O–H groups in total. The summed E-state index contributed by atoms with van der Waals surface area (Å²) in [6, 6.07) is 0. The van der Waals surface area contributed by atoms with Crippen molar-refractivity contribution in [3.8, 4) is 0 Å². The number of nitrogens with zero attached hydrogens (tertiary/aromatic N) is 5. The normalized spacial score (nSPS) is 24.4. The average Bonchev–Trinajstić information content (AvgIpc) is 2.56. The van der Waals surface area contributed by atoms with E-state index in [0.29, 0.717) is 31.4 Å². The number of hydrogen-bond acceptors (Lipinski definition) is 8. The molecular weight excluding hydrogens is 236 g/mol. The van der Waals surface area contributed by atoms with Gasteiger partial charge in [-0.1, -0.05) is 0 Å². The molecule has 0 aliphatic carbocycles. The van der Waals surface area contributed by atoms with Crippen LogP contribution < -0.4 is 10.6 Å². The lowest BCUT2D eigenvalue weighted by Gasteiger charge is -2.15. The van der Waals surface area contributed by atoms with Crippen LogP contribution in [0.5, 0.6) is 0 Å². The van der Waals surface area contributed by atoms with E-state index < -0.39 is 12.2 Å². The highest BCUT2D eigenvalue weighted by molar-refractivity contribution is 5.32. The van der Waals surface area contributed by atoms with Crippen LogP contribution in [0.1, 0.15) is 5.82 Å². The summed E-state index contributed by atoms with van der Waals surface area (Å²) in [4.78, 5) is 15.9. The van der Waals surface area contributed by atoms with Crippen molar-refractivity contribution in [1.82, 2.24) is 19.9 Å². The summed E-state index contributed by atoms with van der Waals surface area (Å²) in [6.07, 6.45) is -1.42. The number of aromatic nitrogens is 3. The van der Waals surface area contributed by atoms with Crippen molar-refractivity contribution in [2.75, 3.05) is 37.8 Å². The van der Waals surface area contributed by atoms with Crippen LogP contribution in [0, 0.1) is 0 Å². The average molecular weight is 254 g/mol. The summed E-state index contributed by atoms with van der Waals surface area (Å²) in [6.45, 7) is 1.25. The molecule has 0 amide bonds. The zero-order valence-electron chi connectivity index (χ0n) is 10.5. The maximum atomic E-state index is 9.47. The van der Waals surface area contributed by atoms with Crippen LogP contribution in [0.3, 0.4) is 0 Å². The number of rotatable bonds is 3. The van der Waals surface area contributed by atoms with Crippen molar-refractivity contribution in [2.45, 2.75) is 18.8 Å². The Hall–Kier alpha value is -1.51. The van der Waals surface area contributed by atoms with Crippen LogP contribution in [0.15, 0.2) is 0 Å². The van der Waals surface area contributed by atoms with Gasteiger partial charge in [-0.2, -0.15) is 15.0 Å². The molecule has 2 rings (SSSR count). The lowest BCUT2D eigenvalue weighted by atomic mass is 10.3. The molecule has 0 spiro atoms. The first-order valence-corrected chi connectivity index (χ1v) is 5.72. The van der Waals surface area contributed by atoms with Gasteiger partial charge in [0, 0.05) is 27.2 Å². The number of anilines is 2. The second-order valence-electron chi connectivity index (χ2n) is 4.63. The molecule has 8 nitrogen and oxygen atoms in total. The lowest BCUT2D eigenvalue weighted by molar-refractivity contribution is 0.0572. The number of nitrogens with two attached hydrogens (primary N) is 1. The molecule has 0 bridgehead atoms. The number of β-amino-alcohol motifs (C(OH)–C–C–N with tert-alkyl or cyclic N) is 2. The third-order valence-electron chi connectivity index (χ3n) is 2.79. The van der Waals surface area contributed by atoms with Crippen LogP contribution in [-0.4, -0.2) is 69.5 Å². The maximum Gasteiger partial charge on any atom is 0.229 e.